The van der Waals surface area contributed by atoms with Gasteiger partial charge in [-0.1, -0.05) is 30.3 Å². The first-order valence-corrected chi connectivity index (χ1v) is 6.81. The number of hydrogen-bond donors (Lipinski definition) is 2. The van der Waals surface area contributed by atoms with Gasteiger partial charge in [0.05, 0.1) is 18.5 Å². The lowest BCUT2D eigenvalue weighted by molar-refractivity contribution is -0.139. The molecular formula is C15H18N2O4. The van der Waals surface area contributed by atoms with E-state index >= 15 is 0 Å². The predicted molar refractivity (Wildman–Crippen MR) is 77.6 cm³/mol. The maximum absolute atomic E-state index is 11.3. The van der Waals surface area contributed by atoms with Crippen LogP contribution in [0.2, 0.25) is 0 Å². The van der Waals surface area contributed by atoms with Gasteiger partial charge >= 0.3 is 12.1 Å². The van der Waals surface area contributed by atoms with Crippen LogP contribution in [0.1, 0.15) is 24.9 Å². The van der Waals surface area contributed by atoms with Gasteiger partial charge in [-0.05, 0) is 18.9 Å². The maximum Gasteiger partial charge on any atom is 0.407 e. The van der Waals surface area contributed by atoms with Crippen LogP contribution in [0.4, 0.5) is 4.79 Å². The zero-order valence-corrected chi connectivity index (χ0v) is 11.8. The molecule has 2 N–H and O–H groups in total. The zero-order valence-electron chi connectivity index (χ0n) is 11.8. The highest BCUT2D eigenvalue weighted by Gasteiger charge is 2.32. The second kappa shape index (κ2) is 6.39. The molecule has 0 spiro atoms. The molecule has 112 valence electrons. The molecule has 6 heteroatoms. The summed E-state index contributed by atoms with van der Waals surface area (Å²) in [5, 5.41) is 18.3. The molecule has 0 bridgehead atoms. The Kier molecular flexibility index (Phi) is 4.57. The lowest BCUT2D eigenvalue weighted by Crippen LogP contribution is -2.46. The monoisotopic (exact) mass is 290 g/mol. The van der Waals surface area contributed by atoms with Gasteiger partial charge in [-0.15, -0.1) is 0 Å². The Labute approximate surface area is 122 Å². The first-order chi connectivity index (χ1) is 9.99. The summed E-state index contributed by atoms with van der Waals surface area (Å²) in [6.45, 7) is 2.16. The Bertz CT molecular complexity index is 556. The maximum atomic E-state index is 11.3. The van der Waals surface area contributed by atoms with Crippen LogP contribution in [0, 0.1) is 5.92 Å². The van der Waals surface area contributed by atoms with Crippen molar-refractivity contribution >= 4 is 17.8 Å². The van der Waals surface area contributed by atoms with Crippen LogP contribution in [0.15, 0.2) is 35.3 Å². The van der Waals surface area contributed by atoms with E-state index in [1.165, 1.54) is 4.90 Å². The van der Waals surface area contributed by atoms with Crippen LogP contribution in [-0.2, 0) is 4.79 Å². The molecule has 0 aromatic heterocycles. The molecule has 1 unspecified atom stereocenters. The van der Waals surface area contributed by atoms with E-state index in [9.17, 15) is 14.7 Å². The van der Waals surface area contributed by atoms with Crippen molar-refractivity contribution in [1.82, 2.24) is 4.90 Å². The van der Waals surface area contributed by atoms with Gasteiger partial charge in [0.1, 0.15) is 0 Å². The molecular weight excluding hydrogens is 272 g/mol. The third kappa shape index (κ3) is 3.59. The van der Waals surface area contributed by atoms with Crippen LogP contribution in [0.3, 0.4) is 0 Å². The number of amides is 1. The molecule has 2 atom stereocenters. The number of benzene rings is 1. The fourth-order valence-electron chi connectivity index (χ4n) is 2.45. The molecule has 2 rings (SSSR count). The van der Waals surface area contributed by atoms with Crippen molar-refractivity contribution in [2.75, 3.05) is 13.1 Å². The summed E-state index contributed by atoms with van der Waals surface area (Å²) >= 11 is 0. The molecule has 1 saturated heterocycles. The highest BCUT2D eigenvalue weighted by atomic mass is 16.4. The van der Waals surface area contributed by atoms with E-state index in [0.29, 0.717) is 5.71 Å². The van der Waals surface area contributed by atoms with Crippen molar-refractivity contribution in [1.29, 1.82) is 0 Å². The van der Waals surface area contributed by atoms with Crippen molar-refractivity contribution < 1.29 is 19.8 Å². The molecule has 1 aliphatic rings. The lowest BCUT2D eigenvalue weighted by Gasteiger charge is -2.30. The topological polar surface area (TPSA) is 90.2 Å². The number of carbonyl (C=O) groups is 2. The number of aliphatic carboxylic acids is 1. The number of rotatable bonds is 3. The van der Waals surface area contributed by atoms with Gasteiger partial charge in [0.25, 0.3) is 0 Å². The highest BCUT2D eigenvalue weighted by molar-refractivity contribution is 6.04. The van der Waals surface area contributed by atoms with E-state index in [2.05, 4.69) is 4.99 Å². The summed E-state index contributed by atoms with van der Waals surface area (Å²) in [6.07, 6.45) is -0.777. The minimum Gasteiger partial charge on any atom is -0.481 e. The van der Waals surface area contributed by atoms with E-state index in [1.807, 2.05) is 37.3 Å². The molecule has 1 aromatic carbocycles. The summed E-state index contributed by atoms with van der Waals surface area (Å²) in [4.78, 5) is 28.0. The van der Waals surface area contributed by atoms with Crippen molar-refractivity contribution in [2.24, 2.45) is 10.9 Å². The molecule has 1 aliphatic heterocycles. The normalized spacial score (nSPS) is 22.0. The lowest BCUT2D eigenvalue weighted by atomic mass is 9.94. The molecule has 1 aromatic rings. The van der Waals surface area contributed by atoms with Crippen LogP contribution >= 0.6 is 0 Å². The van der Waals surface area contributed by atoms with Gasteiger partial charge in [0.15, 0.2) is 0 Å². The average molecular weight is 290 g/mol. The summed E-state index contributed by atoms with van der Waals surface area (Å²) < 4.78 is 0. The van der Waals surface area contributed by atoms with Crippen molar-refractivity contribution in [2.45, 2.75) is 19.4 Å². The van der Waals surface area contributed by atoms with Crippen LogP contribution in [0.25, 0.3) is 0 Å². The fourth-order valence-corrected chi connectivity index (χ4v) is 2.45. The quantitative estimate of drug-likeness (QED) is 0.893. The Balaban J connectivity index is 2.24. The molecule has 0 aliphatic carbocycles. The molecule has 0 radical (unpaired) electrons. The number of piperidine rings is 1. The van der Waals surface area contributed by atoms with E-state index in [0.717, 1.165) is 5.56 Å². The first kappa shape index (κ1) is 15.0. The van der Waals surface area contributed by atoms with Gasteiger partial charge in [0, 0.05) is 12.3 Å². The number of aliphatic imine (C=N–C) groups is 1. The molecule has 1 heterocycles. The van der Waals surface area contributed by atoms with Crippen LogP contribution in [-0.4, -0.2) is 46.0 Å². The number of nitrogens with zero attached hydrogens (tertiary/aromatic N) is 2. The predicted octanol–water partition coefficient (Wildman–Crippen LogP) is 2.27. The average Bonchev–Trinajstić information content (AvgIpc) is 2.47. The van der Waals surface area contributed by atoms with Crippen molar-refractivity contribution in [3.63, 3.8) is 0 Å². The summed E-state index contributed by atoms with van der Waals surface area (Å²) in [7, 11) is 0. The van der Waals surface area contributed by atoms with Gasteiger partial charge in [-0.25, -0.2) is 4.79 Å². The van der Waals surface area contributed by atoms with Crippen molar-refractivity contribution in [3.8, 4) is 0 Å². The Morgan fingerprint density at radius 3 is 2.52 bits per heavy atom. The molecule has 6 nitrogen and oxygen atoms in total. The van der Waals surface area contributed by atoms with E-state index < -0.39 is 18.0 Å². The second-order valence-electron chi connectivity index (χ2n) is 5.09. The summed E-state index contributed by atoms with van der Waals surface area (Å²) in [5.41, 5.74) is 1.40. The Hall–Kier alpha value is -2.37. The number of carboxylic acid groups (broad SMARTS) is 2. The minimum absolute atomic E-state index is 0.0590. The first-order valence-electron chi connectivity index (χ1n) is 6.81. The van der Waals surface area contributed by atoms with Crippen LogP contribution in [0.5, 0.6) is 0 Å². The zero-order chi connectivity index (χ0) is 15.4. The van der Waals surface area contributed by atoms with Crippen LogP contribution < -0.4 is 0 Å². The minimum atomic E-state index is -1.04. The molecule has 21 heavy (non-hydrogen) atoms. The fraction of sp³-hybridized carbons (Fsp3) is 0.400. The number of likely N-dealkylation sites (tertiary alicyclic amines) is 1. The Morgan fingerprint density at radius 2 is 1.95 bits per heavy atom. The van der Waals surface area contributed by atoms with E-state index in [4.69, 9.17) is 5.11 Å². The number of carboxylic acids is 1. The third-order valence-corrected chi connectivity index (χ3v) is 3.65. The second-order valence-corrected chi connectivity index (χ2v) is 5.09. The van der Waals surface area contributed by atoms with Gasteiger partial charge in [0.2, 0.25) is 0 Å². The third-order valence-electron chi connectivity index (χ3n) is 3.65. The number of hydrogen-bond acceptors (Lipinski definition) is 3. The molecule has 0 saturated carbocycles. The van der Waals surface area contributed by atoms with Gasteiger partial charge < -0.3 is 15.1 Å². The summed E-state index contributed by atoms with van der Waals surface area (Å²) in [6, 6.07) is 9.33. The Morgan fingerprint density at radius 1 is 1.29 bits per heavy atom. The van der Waals surface area contributed by atoms with Gasteiger partial charge in [-0.3, -0.25) is 9.79 Å². The molecule has 1 amide bonds. The van der Waals surface area contributed by atoms with Gasteiger partial charge in [-0.2, -0.15) is 0 Å². The SMILES string of the molecule is C[C@@H](N=C1CN(C(=O)O)CCC1C(=O)O)c1ccccc1. The largest absolute Gasteiger partial charge is 0.481 e. The summed E-state index contributed by atoms with van der Waals surface area (Å²) in [5.74, 6) is -1.65. The van der Waals surface area contributed by atoms with E-state index in [-0.39, 0.29) is 25.6 Å². The standard InChI is InChI=1S/C15H18N2O4/c1-10(11-5-3-2-4-6-11)16-13-9-17(15(20)21)8-7-12(13)14(18)19/h2-6,10,12H,7-9H2,1H3,(H,18,19)(H,20,21)/t10-,12?/m1/s1. The van der Waals surface area contributed by atoms with Crippen molar-refractivity contribution in [3.05, 3.63) is 35.9 Å². The van der Waals surface area contributed by atoms with E-state index in [1.54, 1.807) is 0 Å². The highest BCUT2D eigenvalue weighted by Crippen LogP contribution is 2.22. The molecule has 1 fully saturated rings. The smallest absolute Gasteiger partial charge is 0.407 e.